The van der Waals surface area contributed by atoms with Gasteiger partial charge in [-0.05, 0) is 25.0 Å². The molecule has 2 saturated heterocycles. The van der Waals surface area contributed by atoms with Crippen LogP contribution in [0.15, 0.2) is 12.1 Å². The van der Waals surface area contributed by atoms with Crippen molar-refractivity contribution in [2.24, 2.45) is 5.73 Å². The van der Waals surface area contributed by atoms with Gasteiger partial charge in [-0.2, -0.15) is 0 Å². The van der Waals surface area contributed by atoms with Crippen molar-refractivity contribution in [1.29, 1.82) is 0 Å². The number of hydrogen-bond acceptors (Lipinski definition) is 3. The number of morpholine rings is 1. The Morgan fingerprint density at radius 1 is 1.21 bits per heavy atom. The Labute approximate surface area is 115 Å². The number of hydrogen-bond donors (Lipinski definition) is 1. The lowest BCUT2D eigenvalue weighted by molar-refractivity contribution is 0.0300. The maximum Gasteiger partial charge on any atom is 0.150 e. The first-order valence-electron chi connectivity index (χ1n) is 6.24. The average Bonchev–Trinajstić information content (AvgIpc) is 2.67. The van der Waals surface area contributed by atoms with E-state index in [9.17, 15) is 8.78 Å². The Kier molecular flexibility index (Phi) is 3.14. The quantitative estimate of drug-likeness (QED) is 0.843. The molecule has 2 atom stereocenters. The molecule has 102 valence electrons. The van der Waals surface area contributed by atoms with Gasteiger partial charge in [-0.25, -0.2) is 8.78 Å². The van der Waals surface area contributed by atoms with Crippen molar-refractivity contribution in [3.8, 4) is 0 Å². The first-order valence-corrected chi connectivity index (χ1v) is 6.64. The number of anilines is 1. The summed E-state index contributed by atoms with van der Waals surface area (Å²) in [6.45, 7) is 1.05. The van der Waals surface area contributed by atoms with Crippen LogP contribution in [-0.2, 0) is 4.74 Å². The van der Waals surface area contributed by atoms with Gasteiger partial charge >= 0.3 is 0 Å². The van der Waals surface area contributed by atoms with Crippen LogP contribution in [0.5, 0.6) is 0 Å². The molecule has 2 bridgehead atoms. The van der Waals surface area contributed by atoms with Crippen LogP contribution in [0.4, 0.5) is 14.5 Å². The van der Waals surface area contributed by atoms with E-state index in [1.807, 2.05) is 0 Å². The highest BCUT2D eigenvalue weighted by Gasteiger charge is 2.35. The second-order valence-corrected chi connectivity index (χ2v) is 5.46. The molecule has 0 saturated carbocycles. The topological polar surface area (TPSA) is 38.5 Å². The molecular weight excluding hydrogens is 270 g/mol. The van der Waals surface area contributed by atoms with E-state index >= 15 is 0 Å². The van der Waals surface area contributed by atoms with Crippen molar-refractivity contribution in [2.45, 2.75) is 25.0 Å². The maximum atomic E-state index is 14.1. The molecule has 2 unspecified atom stereocenters. The molecule has 3 rings (SSSR count). The molecule has 2 aliphatic rings. The second-order valence-electron chi connectivity index (χ2n) is 5.02. The standard InChI is InChI=1S/C13H14F2N2OS/c14-10-3-7(13(16)19)4-11(15)12(10)17-5-8-1-2-9(6-17)18-8/h3-4,8-9H,1-2,5-6H2,(H2,16,19). The van der Waals surface area contributed by atoms with Gasteiger partial charge in [0.25, 0.3) is 0 Å². The SMILES string of the molecule is NC(=S)c1cc(F)c(N2CC3CCC(C2)O3)c(F)c1. The summed E-state index contributed by atoms with van der Waals surface area (Å²) in [5.41, 5.74) is 5.61. The summed E-state index contributed by atoms with van der Waals surface area (Å²) in [7, 11) is 0. The molecule has 2 fully saturated rings. The number of halogens is 2. The predicted octanol–water partition coefficient (Wildman–Crippen LogP) is 1.97. The molecule has 2 N–H and O–H groups in total. The lowest BCUT2D eigenvalue weighted by Crippen LogP contribution is -2.43. The fourth-order valence-corrected chi connectivity index (χ4v) is 2.93. The fraction of sp³-hybridized carbons (Fsp3) is 0.462. The molecule has 3 nitrogen and oxygen atoms in total. The highest BCUT2D eigenvalue weighted by atomic mass is 32.1. The zero-order chi connectivity index (χ0) is 13.6. The summed E-state index contributed by atoms with van der Waals surface area (Å²) < 4.78 is 33.8. The first-order chi connectivity index (χ1) is 9.04. The Hall–Kier alpha value is -1.27. The molecule has 19 heavy (non-hydrogen) atoms. The van der Waals surface area contributed by atoms with E-state index in [1.165, 1.54) is 12.1 Å². The monoisotopic (exact) mass is 284 g/mol. The van der Waals surface area contributed by atoms with Gasteiger partial charge in [0.2, 0.25) is 0 Å². The summed E-state index contributed by atoms with van der Waals surface area (Å²) in [4.78, 5) is 1.71. The van der Waals surface area contributed by atoms with E-state index in [1.54, 1.807) is 4.90 Å². The molecule has 6 heteroatoms. The summed E-state index contributed by atoms with van der Waals surface area (Å²) in [5.74, 6) is -1.24. The maximum absolute atomic E-state index is 14.1. The summed E-state index contributed by atoms with van der Waals surface area (Å²) in [6, 6.07) is 2.39. The zero-order valence-electron chi connectivity index (χ0n) is 10.2. The number of nitrogens with zero attached hydrogens (tertiary/aromatic N) is 1. The van der Waals surface area contributed by atoms with Gasteiger partial charge in [0.1, 0.15) is 22.3 Å². The van der Waals surface area contributed by atoms with Crippen LogP contribution in [0.3, 0.4) is 0 Å². The Morgan fingerprint density at radius 2 is 1.74 bits per heavy atom. The molecule has 0 aromatic heterocycles. The van der Waals surface area contributed by atoms with E-state index in [0.717, 1.165) is 12.8 Å². The molecule has 0 aliphatic carbocycles. The van der Waals surface area contributed by atoms with Gasteiger partial charge in [0, 0.05) is 18.7 Å². The lowest BCUT2D eigenvalue weighted by Gasteiger charge is -2.34. The number of nitrogens with two attached hydrogens (primary N) is 1. The zero-order valence-corrected chi connectivity index (χ0v) is 11.1. The van der Waals surface area contributed by atoms with E-state index in [2.05, 4.69) is 0 Å². The van der Waals surface area contributed by atoms with E-state index < -0.39 is 11.6 Å². The van der Waals surface area contributed by atoms with E-state index in [-0.39, 0.29) is 28.4 Å². The minimum Gasteiger partial charge on any atom is -0.389 e. The van der Waals surface area contributed by atoms with Crippen molar-refractivity contribution >= 4 is 22.9 Å². The van der Waals surface area contributed by atoms with Gasteiger partial charge in [-0.1, -0.05) is 12.2 Å². The fourth-order valence-electron chi connectivity index (χ4n) is 2.81. The van der Waals surface area contributed by atoms with Crippen LogP contribution in [-0.4, -0.2) is 30.3 Å². The summed E-state index contributed by atoms with van der Waals surface area (Å²) in [5, 5.41) is 0. The highest BCUT2D eigenvalue weighted by Crippen LogP contribution is 2.32. The predicted molar refractivity (Wildman–Crippen MR) is 72.4 cm³/mol. The van der Waals surface area contributed by atoms with E-state index in [0.29, 0.717) is 13.1 Å². The van der Waals surface area contributed by atoms with Crippen molar-refractivity contribution in [2.75, 3.05) is 18.0 Å². The normalized spacial score (nSPS) is 25.7. The smallest absolute Gasteiger partial charge is 0.150 e. The molecule has 1 aromatic rings. The highest BCUT2D eigenvalue weighted by molar-refractivity contribution is 7.80. The molecule has 1 aromatic carbocycles. The summed E-state index contributed by atoms with van der Waals surface area (Å²) >= 11 is 4.74. The molecule has 0 radical (unpaired) electrons. The number of rotatable bonds is 2. The van der Waals surface area contributed by atoms with Crippen molar-refractivity contribution < 1.29 is 13.5 Å². The number of benzene rings is 1. The summed E-state index contributed by atoms with van der Waals surface area (Å²) in [6.07, 6.45) is 2.06. The second kappa shape index (κ2) is 4.68. The minimum absolute atomic E-state index is 0.000185. The number of thiocarbonyl (C=S) groups is 1. The van der Waals surface area contributed by atoms with Gasteiger partial charge in [0.05, 0.1) is 12.2 Å². The van der Waals surface area contributed by atoms with E-state index in [4.69, 9.17) is 22.7 Å². The minimum atomic E-state index is -0.621. The van der Waals surface area contributed by atoms with Crippen LogP contribution < -0.4 is 10.6 Å². The third kappa shape index (κ3) is 2.30. The van der Waals surface area contributed by atoms with Crippen LogP contribution in [0.1, 0.15) is 18.4 Å². The van der Waals surface area contributed by atoms with Gasteiger partial charge in [-0.15, -0.1) is 0 Å². The lowest BCUT2D eigenvalue weighted by atomic mass is 10.1. The number of ether oxygens (including phenoxy) is 1. The third-order valence-electron chi connectivity index (χ3n) is 3.66. The molecular formula is C13H14F2N2OS. The number of fused-ring (bicyclic) bond motifs is 2. The largest absolute Gasteiger partial charge is 0.389 e. The van der Waals surface area contributed by atoms with Crippen LogP contribution >= 0.6 is 12.2 Å². The van der Waals surface area contributed by atoms with Gasteiger partial charge in [0.15, 0.2) is 0 Å². The van der Waals surface area contributed by atoms with Crippen molar-refractivity contribution in [3.63, 3.8) is 0 Å². The molecule has 2 heterocycles. The van der Waals surface area contributed by atoms with Crippen LogP contribution in [0.2, 0.25) is 0 Å². The van der Waals surface area contributed by atoms with Crippen molar-refractivity contribution in [3.05, 3.63) is 29.3 Å². The Morgan fingerprint density at radius 3 is 2.21 bits per heavy atom. The first kappa shape index (κ1) is 12.7. The molecule has 0 amide bonds. The van der Waals surface area contributed by atoms with Crippen LogP contribution in [0, 0.1) is 11.6 Å². The third-order valence-corrected chi connectivity index (χ3v) is 3.90. The Balaban J connectivity index is 1.94. The van der Waals surface area contributed by atoms with Crippen molar-refractivity contribution in [1.82, 2.24) is 0 Å². The molecule has 2 aliphatic heterocycles. The molecule has 0 spiro atoms. The Bertz CT molecular complexity index is 502. The van der Waals surface area contributed by atoms with Crippen LogP contribution in [0.25, 0.3) is 0 Å². The van der Waals surface area contributed by atoms with Gasteiger partial charge in [-0.3, -0.25) is 0 Å². The average molecular weight is 284 g/mol. The van der Waals surface area contributed by atoms with Gasteiger partial charge < -0.3 is 15.4 Å².